The molecule has 3 nitrogen and oxygen atoms in total. The Kier molecular flexibility index (Phi) is 5.42. The summed E-state index contributed by atoms with van der Waals surface area (Å²) in [6.45, 7) is 0. The molecule has 0 amide bonds. The van der Waals surface area contributed by atoms with Crippen LogP contribution in [0.3, 0.4) is 0 Å². The number of carbonyl (C=O) groups is 2. The Balaban J connectivity index is 3.78. The summed E-state index contributed by atoms with van der Waals surface area (Å²) in [4.78, 5) is 21.3. The molecular weight excluding hydrogens is 369 g/mol. The van der Waals surface area contributed by atoms with Gasteiger partial charge in [-0.1, -0.05) is 69.6 Å². The van der Waals surface area contributed by atoms with E-state index in [1.165, 1.54) is 0 Å². The van der Waals surface area contributed by atoms with Crippen LogP contribution >= 0.6 is 69.6 Å². The lowest BCUT2D eigenvalue weighted by atomic mass is 10.0. The van der Waals surface area contributed by atoms with Gasteiger partial charge < -0.3 is 5.11 Å². The van der Waals surface area contributed by atoms with Gasteiger partial charge >= 0.3 is 5.97 Å². The van der Waals surface area contributed by atoms with E-state index in [4.69, 9.17) is 74.7 Å². The van der Waals surface area contributed by atoms with E-state index in [0.717, 1.165) is 0 Å². The number of aromatic carboxylic acids is 1. The summed E-state index contributed by atoms with van der Waals surface area (Å²) in [6.07, 6.45) is 0. The van der Waals surface area contributed by atoms with Crippen LogP contribution in [0.25, 0.3) is 0 Å². The molecule has 0 aliphatic carbocycles. The van der Waals surface area contributed by atoms with Crippen LogP contribution in [0.4, 0.5) is 0 Å². The molecule has 0 aromatic heterocycles. The van der Waals surface area contributed by atoms with Crippen molar-refractivity contribution in [1.82, 2.24) is 0 Å². The third-order valence-electron chi connectivity index (χ3n) is 1.93. The summed E-state index contributed by atoms with van der Waals surface area (Å²) in [5.74, 6) is -2.43. The Morgan fingerprint density at radius 2 is 1.22 bits per heavy atom. The van der Waals surface area contributed by atoms with Crippen molar-refractivity contribution in [2.24, 2.45) is 0 Å². The van der Waals surface area contributed by atoms with Crippen LogP contribution in [-0.4, -0.2) is 21.7 Å². The van der Waals surface area contributed by atoms with Crippen molar-refractivity contribution < 1.29 is 14.7 Å². The molecule has 0 aliphatic rings. The average Bonchev–Trinajstić information content (AvgIpc) is 2.29. The van der Waals surface area contributed by atoms with E-state index in [0.29, 0.717) is 0 Å². The molecule has 98 valence electrons. The molecule has 1 N–H and O–H groups in total. The van der Waals surface area contributed by atoms with Crippen LogP contribution in [0.5, 0.6) is 0 Å². The SMILES string of the molecule is O=C(O)c1c(Cl)c(Cl)c(Cl)c(Cl)c1C(=O)C(Cl)Cl. The van der Waals surface area contributed by atoms with E-state index in [2.05, 4.69) is 0 Å². The summed E-state index contributed by atoms with van der Waals surface area (Å²) in [7, 11) is 0. The summed E-state index contributed by atoms with van der Waals surface area (Å²) in [5.41, 5.74) is -1.06. The van der Waals surface area contributed by atoms with E-state index in [1.54, 1.807) is 0 Å². The van der Waals surface area contributed by atoms with Crippen molar-refractivity contribution in [3.8, 4) is 0 Å². The topological polar surface area (TPSA) is 54.4 Å². The van der Waals surface area contributed by atoms with Crippen LogP contribution in [0.2, 0.25) is 20.1 Å². The molecular formula is C9H2Cl6O3. The number of carboxylic acids is 1. The highest BCUT2D eigenvalue weighted by atomic mass is 35.5. The maximum absolute atomic E-state index is 11.7. The number of rotatable bonds is 3. The summed E-state index contributed by atoms with van der Waals surface area (Å²) in [5, 5.41) is 7.76. The van der Waals surface area contributed by atoms with Gasteiger partial charge in [0.15, 0.2) is 10.6 Å². The average molecular weight is 371 g/mol. The van der Waals surface area contributed by atoms with Crippen LogP contribution in [-0.2, 0) is 0 Å². The molecule has 0 aliphatic heterocycles. The number of alkyl halides is 2. The van der Waals surface area contributed by atoms with Crippen molar-refractivity contribution >= 4 is 81.4 Å². The first-order chi connectivity index (χ1) is 8.20. The number of benzene rings is 1. The van der Waals surface area contributed by atoms with Gasteiger partial charge in [0.25, 0.3) is 0 Å². The third kappa shape index (κ3) is 2.82. The monoisotopic (exact) mass is 368 g/mol. The van der Waals surface area contributed by atoms with Crippen molar-refractivity contribution in [1.29, 1.82) is 0 Å². The second-order valence-corrected chi connectivity index (χ2v) is 5.58. The van der Waals surface area contributed by atoms with E-state index in [-0.39, 0.29) is 15.1 Å². The van der Waals surface area contributed by atoms with Crippen molar-refractivity contribution in [3.05, 3.63) is 31.2 Å². The highest BCUT2D eigenvalue weighted by molar-refractivity contribution is 6.58. The smallest absolute Gasteiger partial charge is 0.338 e. The molecule has 0 spiro atoms. The molecule has 18 heavy (non-hydrogen) atoms. The fraction of sp³-hybridized carbons (Fsp3) is 0.111. The van der Waals surface area contributed by atoms with Crippen LogP contribution in [0.15, 0.2) is 0 Å². The maximum Gasteiger partial charge on any atom is 0.338 e. The molecule has 0 saturated heterocycles. The van der Waals surface area contributed by atoms with Gasteiger partial charge in [0.2, 0.25) is 0 Å². The van der Waals surface area contributed by atoms with Gasteiger partial charge in [0.1, 0.15) is 0 Å². The molecule has 9 heteroatoms. The number of halogens is 6. The Labute approximate surface area is 131 Å². The van der Waals surface area contributed by atoms with Gasteiger partial charge in [-0.05, 0) is 0 Å². The summed E-state index contributed by atoms with van der Waals surface area (Å²) >= 11 is 33.7. The Hall–Kier alpha value is 0.1000. The Morgan fingerprint density at radius 1 is 0.833 bits per heavy atom. The molecule has 1 aromatic carbocycles. The molecule has 0 heterocycles. The number of carboxylic acid groups (broad SMARTS) is 1. The van der Waals surface area contributed by atoms with Crippen LogP contribution in [0.1, 0.15) is 20.7 Å². The first-order valence-corrected chi connectivity index (χ1v) is 6.50. The lowest BCUT2D eigenvalue weighted by Gasteiger charge is -2.13. The van der Waals surface area contributed by atoms with Gasteiger partial charge in [-0.2, -0.15) is 0 Å². The van der Waals surface area contributed by atoms with Gasteiger partial charge in [-0.25, -0.2) is 4.79 Å². The first-order valence-electron chi connectivity index (χ1n) is 4.11. The fourth-order valence-electron chi connectivity index (χ4n) is 1.17. The predicted molar refractivity (Wildman–Crippen MR) is 73.3 cm³/mol. The molecule has 0 saturated carbocycles. The van der Waals surface area contributed by atoms with E-state index < -0.39 is 32.7 Å². The maximum atomic E-state index is 11.7. The lowest BCUT2D eigenvalue weighted by molar-refractivity contribution is 0.0692. The zero-order valence-electron chi connectivity index (χ0n) is 8.11. The normalized spacial score (nSPS) is 10.8. The quantitative estimate of drug-likeness (QED) is 0.353. The molecule has 1 rings (SSSR count). The lowest BCUT2D eigenvalue weighted by Crippen LogP contribution is -2.16. The van der Waals surface area contributed by atoms with Crippen LogP contribution < -0.4 is 0 Å². The molecule has 0 bridgehead atoms. The van der Waals surface area contributed by atoms with E-state index in [1.807, 2.05) is 0 Å². The number of hydrogen-bond donors (Lipinski definition) is 1. The standard InChI is InChI=1S/C9H2Cl6O3/c10-3-1(7(16)8(14)15)2(9(17)18)4(11)6(13)5(3)12/h8H,(H,17,18). The molecule has 0 unspecified atom stereocenters. The molecule has 0 radical (unpaired) electrons. The van der Waals surface area contributed by atoms with Crippen molar-refractivity contribution in [2.45, 2.75) is 4.84 Å². The van der Waals surface area contributed by atoms with Gasteiger partial charge in [0, 0.05) is 0 Å². The summed E-state index contributed by atoms with van der Waals surface area (Å²) in [6, 6.07) is 0. The van der Waals surface area contributed by atoms with E-state index >= 15 is 0 Å². The Bertz CT molecular complexity index is 540. The first kappa shape index (κ1) is 16.2. The number of Topliss-reactive ketones (excluding diaryl/α,β-unsaturated/α-hetero) is 1. The number of ketones is 1. The molecule has 1 aromatic rings. The molecule has 0 atom stereocenters. The highest BCUT2D eigenvalue weighted by Gasteiger charge is 2.30. The van der Waals surface area contributed by atoms with Crippen molar-refractivity contribution in [2.75, 3.05) is 0 Å². The zero-order valence-corrected chi connectivity index (χ0v) is 12.6. The van der Waals surface area contributed by atoms with Gasteiger partial charge in [-0.3, -0.25) is 4.79 Å². The predicted octanol–water partition coefficient (Wildman–Crippen LogP) is 4.98. The minimum absolute atomic E-state index is 0.245. The fourth-order valence-corrected chi connectivity index (χ4v) is 2.42. The van der Waals surface area contributed by atoms with Gasteiger partial charge in [-0.15, -0.1) is 0 Å². The third-order valence-corrected chi connectivity index (χ3v) is 4.12. The highest BCUT2D eigenvalue weighted by Crippen LogP contribution is 2.42. The minimum atomic E-state index is -1.51. The summed E-state index contributed by atoms with van der Waals surface area (Å²) < 4.78 is 0. The molecule has 0 fully saturated rings. The van der Waals surface area contributed by atoms with Crippen molar-refractivity contribution in [3.63, 3.8) is 0 Å². The second kappa shape index (κ2) is 6.04. The number of hydrogen-bond acceptors (Lipinski definition) is 2. The number of carbonyl (C=O) groups excluding carboxylic acids is 1. The van der Waals surface area contributed by atoms with Gasteiger partial charge in [0.05, 0.1) is 31.2 Å². The minimum Gasteiger partial charge on any atom is -0.478 e. The van der Waals surface area contributed by atoms with Crippen LogP contribution in [0, 0.1) is 0 Å². The Morgan fingerprint density at radius 3 is 1.56 bits per heavy atom. The second-order valence-electron chi connectivity index (χ2n) is 2.98. The zero-order chi connectivity index (χ0) is 14.2. The largest absolute Gasteiger partial charge is 0.478 e. The van der Waals surface area contributed by atoms with E-state index in [9.17, 15) is 9.59 Å².